The van der Waals surface area contributed by atoms with Crippen molar-refractivity contribution in [2.75, 3.05) is 0 Å². The normalized spacial score (nSPS) is 11.4. The van der Waals surface area contributed by atoms with Crippen LogP contribution in [0.3, 0.4) is 0 Å². The predicted molar refractivity (Wildman–Crippen MR) is 74.0 cm³/mol. The molecule has 0 aliphatic rings. The van der Waals surface area contributed by atoms with Crippen LogP contribution in [0.25, 0.3) is 10.9 Å². The van der Waals surface area contributed by atoms with Crippen LogP contribution in [0.1, 0.15) is 25.6 Å². The molecule has 0 N–H and O–H groups in total. The molecular formula is C11H9Br2ClN2. The van der Waals surface area contributed by atoms with E-state index in [2.05, 4.69) is 55.7 Å². The van der Waals surface area contributed by atoms with Crippen LogP contribution in [0.15, 0.2) is 21.2 Å². The highest BCUT2D eigenvalue weighted by atomic mass is 79.9. The summed E-state index contributed by atoms with van der Waals surface area (Å²) in [5.41, 5.74) is 0.884. The zero-order valence-corrected chi connectivity index (χ0v) is 12.7. The molecule has 5 heteroatoms. The van der Waals surface area contributed by atoms with E-state index < -0.39 is 0 Å². The number of rotatable bonds is 1. The van der Waals surface area contributed by atoms with Gasteiger partial charge in [0.05, 0.1) is 5.52 Å². The van der Waals surface area contributed by atoms with Gasteiger partial charge in [-0.15, -0.1) is 0 Å². The van der Waals surface area contributed by atoms with Gasteiger partial charge < -0.3 is 0 Å². The van der Waals surface area contributed by atoms with E-state index in [1.807, 2.05) is 12.1 Å². The van der Waals surface area contributed by atoms with Crippen LogP contribution in [-0.2, 0) is 0 Å². The molecule has 0 aliphatic carbocycles. The van der Waals surface area contributed by atoms with Crippen molar-refractivity contribution in [1.29, 1.82) is 0 Å². The number of nitrogens with zero attached hydrogens (tertiary/aromatic N) is 2. The van der Waals surface area contributed by atoms with Crippen molar-refractivity contribution in [2.45, 2.75) is 19.8 Å². The Balaban J connectivity index is 2.82. The summed E-state index contributed by atoms with van der Waals surface area (Å²) >= 11 is 12.9. The SMILES string of the molecule is CC(C)c1nc(Br)c2cc(Cl)cc(Br)c2n1. The minimum Gasteiger partial charge on any atom is -0.231 e. The largest absolute Gasteiger partial charge is 0.231 e. The molecule has 1 aromatic carbocycles. The molecule has 2 rings (SSSR count). The molecule has 0 radical (unpaired) electrons. The zero-order valence-electron chi connectivity index (χ0n) is 8.76. The number of aromatic nitrogens is 2. The van der Waals surface area contributed by atoms with Crippen molar-refractivity contribution in [3.8, 4) is 0 Å². The van der Waals surface area contributed by atoms with E-state index >= 15 is 0 Å². The molecule has 0 amide bonds. The number of hydrogen-bond acceptors (Lipinski definition) is 2. The maximum Gasteiger partial charge on any atom is 0.132 e. The molecule has 0 aliphatic heterocycles. The second kappa shape index (κ2) is 4.59. The predicted octanol–water partition coefficient (Wildman–Crippen LogP) is 4.93. The van der Waals surface area contributed by atoms with Gasteiger partial charge >= 0.3 is 0 Å². The molecule has 1 heterocycles. The van der Waals surface area contributed by atoms with Crippen LogP contribution in [0.2, 0.25) is 5.02 Å². The van der Waals surface area contributed by atoms with Crippen molar-refractivity contribution in [2.24, 2.45) is 0 Å². The highest BCUT2D eigenvalue weighted by Gasteiger charge is 2.11. The Morgan fingerprint density at radius 3 is 2.50 bits per heavy atom. The van der Waals surface area contributed by atoms with E-state index in [4.69, 9.17) is 11.6 Å². The van der Waals surface area contributed by atoms with Gasteiger partial charge in [0.1, 0.15) is 10.4 Å². The molecule has 2 aromatic rings. The lowest BCUT2D eigenvalue weighted by Gasteiger charge is -2.08. The van der Waals surface area contributed by atoms with Gasteiger partial charge in [-0.1, -0.05) is 25.4 Å². The average molecular weight is 364 g/mol. The Morgan fingerprint density at radius 1 is 1.19 bits per heavy atom. The van der Waals surface area contributed by atoms with Gasteiger partial charge in [0.25, 0.3) is 0 Å². The van der Waals surface area contributed by atoms with E-state index in [-0.39, 0.29) is 0 Å². The number of hydrogen-bond donors (Lipinski definition) is 0. The standard InChI is InChI=1S/C11H9Br2ClN2/c1-5(2)11-15-9-7(10(13)16-11)3-6(14)4-8(9)12/h3-5H,1-2H3. The minimum absolute atomic E-state index is 0.295. The first-order valence-corrected chi connectivity index (χ1v) is 6.77. The van der Waals surface area contributed by atoms with Crippen LogP contribution in [0.5, 0.6) is 0 Å². The number of benzene rings is 1. The highest BCUT2D eigenvalue weighted by molar-refractivity contribution is 9.11. The van der Waals surface area contributed by atoms with Gasteiger partial charge in [0.15, 0.2) is 0 Å². The first kappa shape index (κ1) is 12.3. The van der Waals surface area contributed by atoms with Crippen molar-refractivity contribution in [3.63, 3.8) is 0 Å². The van der Waals surface area contributed by atoms with Crippen LogP contribution < -0.4 is 0 Å². The summed E-state index contributed by atoms with van der Waals surface area (Å²) in [6.07, 6.45) is 0. The van der Waals surface area contributed by atoms with Crippen LogP contribution in [-0.4, -0.2) is 9.97 Å². The Hall–Kier alpha value is -0.190. The third kappa shape index (κ3) is 2.24. The van der Waals surface area contributed by atoms with Gasteiger partial charge in [-0.25, -0.2) is 9.97 Å². The average Bonchev–Trinajstić information content (AvgIpc) is 2.19. The fraction of sp³-hybridized carbons (Fsp3) is 0.273. The molecule has 0 spiro atoms. The number of fused-ring (bicyclic) bond motifs is 1. The molecule has 1 aromatic heterocycles. The maximum atomic E-state index is 5.99. The molecule has 0 atom stereocenters. The van der Waals surface area contributed by atoms with E-state index in [9.17, 15) is 0 Å². The van der Waals surface area contributed by atoms with E-state index in [1.165, 1.54) is 0 Å². The van der Waals surface area contributed by atoms with Gasteiger partial charge in [0.2, 0.25) is 0 Å². The quantitative estimate of drug-likeness (QED) is 0.671. The molecule has 0 unspecified atom stereocenters. The van der Waals surface area contributed by atoms with E-state index in [1.54, 1.807) is 0 Å². The lowest BCUT2D eigenvalue weighted by molar-refractivity contribution is 0.778. The van der Waals surface area contributed by atoms with Crippen molar-refractivity contribution < 1.29 is 0 Å². The summed E-state index contributed by atoms with van der Waals surface area (Å²) in [7, 11) is 0. The lowest BCUT2D eigenvalue weighted by atomic mass is 10.2. The Kier molecular flexibility index (Phi) is 3.52. The van der Waals surface area contributed by atoms with Gasteiger partial charge in [0, 0.05) is 20.8 Å². The van der Waals surface area contributed by atoms with E-state index in [0.29, 0.717) is 10.9 Å². The fourth-order valence-electron chi connectivity index (χ4n) is 1.40. The van der Waals surface area contributed by atoms with Gasteiger partial charge in [-0.2, -0.15) is 0 Å². The Bertz CT molecular complexity index is 555. The smallest absolute Gasteiger partial charge is 0.132 e. The first-order valence-electron chi connectivity index (χ1n) is 4.81. The fourth-order valence-corrected chi connectivity index (χ4v) is 2.78. The molecule has 2 nitrogen and oxygen atoms in total. The summed E-state index contributed by atoms with van der Waals surface area (Å²) in [4.78, 5) is 8.94. The summed E-state index contributed by atoms with van der Waals surface area (Å²) in [5.74, 6) is 1.12. The van der Waals surface area contributed by atoms with Crippen molar-refractivity contribution >= 4 is 54.4 Å². The Labute approximate surface area is 116 Å². The third-order valence-corrected chi connectivity index (χ3v) is 3.63. The van der Waals surface area contributed by atoms with Crippen LogP contribution >= 0.6 is 43.5 Å². The Morgan fingerprint density at radius 2 is 1.88 bits per heavy atom. The third-order valence-electron chi connectivity index (χ3n) is 2.21. The van der Waals surface area contributed by atoms with Crippen molar-refractivity contribution in [3.05, 3.63) is 32.1 Å². The summed E-state index contributed by atoms with van der Waals surface area (Å²) in [6.45, 7) is 4.13. The van der Waals surface area contributed by atoms with Gasteiger partial charge in [-0.3, -0.25) is 0 Å². The molecule has 0 saturated carbocycles. The van der Waals surface area contributed by atoms with Crippen LogP contribution in [0, 0.1) is 0 Å². The van der Waals surface area contributed by atoms with E-state index in [0.717, 1.165) is 25.8 Å². The summed E-state index contributed by atoms with van der Waals surface area (Å²) in [6, 6.07) is 3.70. The molecule has 0 fully saturated rings. The topological polar surface area (TPSA) is 25.8 Å². The van der Waals surface area contributed by atoms with Gasteiger partial charge in [-0.05, 0) is 44.0 Å². The monoisotopic (exact) mass is 362 g/mol. The highest BCUT2D eigenvalue weighted by Crippen LogP contribution is 2.31. The molecule has 0 saturated heterocycles. The van der Waals surface area contributed by atoms with Crippen molar-refractivity contribution in [1.82, 2.24) is 9.97 Å². The summed E-state index contributed by atoms with van der Waals surface area (Å²) in [5, 5.41) is 1.59. The second-order valence-corrected chi connectivity index (χ2v) is 5.85. The second-order valence-electron chi connectivity index (χ2n) is 3.81. The lowest BCUT2D eigenvalue weighted by Crippen LogP contribution is -1.99. The minimum atomic E-state index is 0.295. The molecule has 84 valence electrons. The molecule has 16 heavy (non-hydrogen) atoms. The molecular weight excluding hydrogens is 355 g/mol. The first-order chi connectivity index (χ1) is 7.49. The number of halogens is 3. The molecule has 0 bridgehead atoms. The zero-order chi connectivity index (χ0) is 11.9. The summed E-state index contributed by atoms with van der Waals surface area (Å²) < 4.78 is 1.67. The maximum absolute atomic E-state index is 5.99. The van der Waals surface area contributed by atoms with Crippen LogP contribution in [0.4, 0.5) is 0 Å².